The van der Waals surface area contributed by atoms with E-state index in [1.165, 1.54) is 22.4 Å². The lowest BCUT2D eigenvalue weighted by atomic mass is 9.63. The minimum atomic E-state index is -0.987. The molecule has 2 aliphatic carbocycles. The molecule has 184 valence electrons. The van der Waals surface area contributed by atoms with Crippen LogP contribution in [0.2, 0.25) is 0 Å². The summed E-state index contributed by atoms with van der Waals surface area (Å²) in [5.74, 6) is -3.88. The Labute approximate surface area is 209 Å². The third kappa shape index (κ3) is 3.33. The lowest BCUT2D eigenvalue weighted by molar-refractivity contribution is 0.0735. The number of fused-ring (bicyclic) bond motifs is 4. The van der Waals surface area contributed by atoms with E-state index in [2.05, 4.69) is 5.32 Å². The molecule has 3 atom stereocenters. The number of pyridine rings is 1. The first-order valence-corrected chi connectivity index (χ1v) is 11.9. The van der Waals surface area contributed by atoms with Crippen molar-refractivity contribution >= 4 is 23.4 Å². The number of aromatic hydroxyl groups is 1. The van der Waals surface area contributed by atoms with Crippen LogP contribution in [0, 0.1) is 23.5 Å². The first kappa shape index (κ1) is 22.7. The van der Waals surface area contributed by atoms with Gasteiger partial charge >= 0.3 is 0 Å². The monoisotopic (exact) mass is 511 g/mol. The maximum atomic E-state index is 14.0. The van der Waals surface area contributed by atoms with E-state index in [1.807, 2.05) is 12.2 Å². The van der Waals surface area contributed by atoms with Gasteiger partial charge in [-0.3, -0.25) is 14.4 Å². The molecule has 1 aromatic carbocycles. The molecule has 4 aliphatic rings. The van der Waals surface area contributed by atoms with Gasteiger partial charge in [0.05, 0.1) is 6.04 Å². The van der Waals surface area contributed by atoms with Crippen molar-refractivity contribution in [3.63, 3.8) is 0 Å². The Morgan fingerprint density at radius 3 is 2.83 bits per heavy atom. The molecule has 2 bridgehead atoms. The second-order valence-electron chi connectivity index (χ2n) is 9.39. The predicted molar refractivity (Wildman–Crippen MR) is 127 cm³/mol. The molecule has 2 amide bonds. The van der Waals surface area contributed by atoms with E-state index in [9.17, 15) is 28.3 Å². The number of amides is 2. The van der Waals surface area contributed by atoms with Gasteiger partial charge in [-0.05, 0) is 30.2 Å². The molecule has 0 spiro atoms. The number of carbonyl (C=O) groups is 2. The van der Waals surface area contributed by atoms with Crippen LogP contribution in [0.5, 0.6) is 5.75 Å². The first-order valence-electron chi connectivity index (χ1n) is 11.5. The first-order chi connectivity index (χ1) is 17.2. The molecule has 6 rings (SSSR count). The Morgan fingerprint density at radius 1 is 1.25 bits per heavy atom. The number of carbonyl (C=O) groups excluding carboxylic acids is 2. The fourth-order valence-corrected chi connectivity index (χ4v) is 5.99. The number of nitrogens with zero attached hydrogens (tertiary/aromatic N) is 2. The van der Waals surface area contributed by atoms with Crippen LogP contribution in [0.3, 0.4) is 0 Å². The molecular formula is C26H20ClF2N3O4. The molecule has 2 unspecified atom stereocenters. The van der Waals surface area contributed by atoms with Gasteiger partial charge in [-0.25, -0.2) is 8.78 Å². The van der Waals surface area contributed by atoms with Crippen molar-refractivity contribution in [3.05, 3.63) is 97.5 Å². The second-order valence-corrected chi connectivity index (χ2v) is 9.82. The SMILES string of the molecule is O=C(NCc1ccc(F)cc1F)c1cn2c(c(O)c1=O)C(=O)N1CCC3=C4C(C=CC(Cl)=C3)C2[C@H]4C1. The molecule has 2 aromatic rings. The van der Waals surface area contributed by atoms with E-state index in [1.54, 1.807) is 11.0 Å². The molecule has 2 aliphatic heterocycles. The molecular weight excluding hydrogens is 492 g/mol. The highest BCUT2D eigenvalue weighted by molar-refractivity contribution is 6.31. The standard InChI is InChI=1S/C26H20ClF2N3O4/c27-14-2-4-16-20-12(7-14)5-6-31-10-17(20)21(16)32-11-18(23(33)24(34)22(32)26(31)36)25(35)30-9-13-1-3-15(28)8-19(13)29/h1-4,7-8,11,16-17,21,34H,5-6,9-10H2,(H,30,35)/t16?,17-,21?/m0/s1. The van der Waals surface area contributed by atoms with Crippen LogP contribution in [-0.2, 0) is 6.54 Å². The highest BCUT2D eigenvalue weighted by Crippen LogP contribution is 2.56. The molecule has 0 radical (unpaired) electrons. The fraction of sp³-hybridized carbons (Fsp3) is 0.269. The van der Waals surface area contributed by atoms with E-state index in [-0.39, 0.29) is 41.2 Å². The maximum absolute atomic E-state index is 14.0. The van der Waals surface area contributed by atoms with Crippen molar-refractivity contribution in [1.29, 1.82) is 0 Å². The van der Waals surface area contributed by atoms with Crippen LogP contribution in [0.1, 0.15) is 38.9 Å². The van der Waals surface area contributed by atoms with Crippen molar-refractivity contribution in [2.24, 2.45) is 11.8 Å². The average molecular weight is 512 g/mol. The molecule has 7 nitrogen and oxygen atoms in total. The Kier molecular flexibility index (Phi) is 5.15. The summed E-state index contributed by atoms with van der Waals surface area (Å²) < 4.78 is 28.7. The van der Waals surface area contributed by atoms with E-state index in [0.717, 1.165) is 11.6 Å². The summed E-state index contributed by atoms with van der Waals surface area (Å²) >= 11 is 6.34. The molecule has 0 saturated heterocycles. The highest BCUT2D eigenvalue weighted by atomic mass is 35.5. The smallest absolute Gasteiger partial charge is 0.274 e. The van der Waals surface area contributed by atoms with E-state index >= 15 is 0 Å². The summed E-state index contributed by atoms with van der Waals surface area (Å²) in [5.41, 5.74) is 0.783. The Morgan fingerprint density at radius 2 is 2.06 bits per heavy atom. The summed E-state index contributed by atoms with van der Waals surface area (Å²) in [6, 6.07) is 2.65. The second kappa shape index (κ2) is 8.16. The van der Waals surface area contributed by atoms with Gasteiger partial charge < -0.3 is 19.9 Å². The molecule has 3 heterocycles. The van der Waals surface area contributed by atoms with Gasteiger partial charge in [0.25, 0.3) is 11.8 Å². The normalized spacial score (nSPS) is 23.8. The summed E-state index contributed by atoms with van der Waals surface area (Å²) in [6.45, 7) is 0.545. The maximum Gasteiger partial charge on any atom is 0.274 e. The molecule has 36 heavy (non-hydrogen) atoms. The van der Waals surface area contributed by atoms with Gasteiger partial charge in [0.1, 0.15) is 17.2 Å². The van der Waals surface area contributed by atoms with Gasteiger partial charge in [0.2, 0.25) is 5.43 Å². The van der Waals surface area contributed by atoms with E-state index < -0.39 is 34.6 Å². The largest absolute Gasteiger partial charge is 0.503 e. The summed E-state index contributed by atoms with van der Waals surface area (Å²) in [4.78, 5) is 41.0. The minimum Gasteiger partial charge on any atom is -0.503 e. The molecule has 10 heteroatoms. The Bertz CT molecular complexity index is 1510. The van der Waals surface area contributed by atoms with Crippen LogP contribution in [0.4, 0.5) is 8.78 Å². The summed E-state index contributed by atoms with van der Waals surface area (Å²) in [6.07, 6.45) is 7.59. The third-order valence-electron chi connectivity index (χ3n) is 7.47. The number of aromatic nitrogens is 1. The van der Waals surface area contributed by atoms with Crippen LogP contribution >= 0.6 is 11.6 Å². The Balaban J connectivity index is 1.42. The van der Waals surface area contributed by atoms with Gasteiger partial charge in [-0.15, -0.1) is 0 Å². The van der Waals surface area contributed by atoms with Crippen LogP contribution < -0.4 is 10.7 Å². The van der Waals surface area contributed by atoms with Crippen molar-refractivity contribution in [3.8, 4) is 5.75 Å². The average Bonchev–Trinajstić information content (AvgIpc) is 3.10. The zero-order chi connectivity index (χ0) is 25.3. The predicted octanol–water partition coefficient (Wildman–Crippen LogP) is 3.40. The number of allylic oxidation sites excluding steroid dienone is 4. The van der Waals surface area contributed by atoms with E-state index in [4.69, 9.17) is 11.6 Å². The lowest BCUT2D eigenvalue weighted by Gasteiger charge is -2.47. The zero-order valence-electron chi connectivity index (χ0n) is 18.8. The number of hydrogen-bond donors (Lipinski definition) is 2. The van der Waals surface area contributed by atoms with Gasteiger partial charge in [-0.1, -0.05) is 29.3 Å². The van der Waals surface area contributed by atoms with Gasteiger partial charge in [-0.2, -0.15) is 0 Å². The van der Waals surface area contributed by atoms with Crippen molar-refractivity contribution < 1.29 is 23.5 Å². The molecule has 1 saturated carbocycles. The number of hydrogen-bond acceptors (Lipinski definition) is 4. The van der Waals surface area contributed by atoms with Gasteiger partial charge in [0.15, 0.2) is 11.4 Å². The number of rotatable bonds is 3. The molecule has 1 aromatic heterocycles. The van der Waals surface area contributed by atoms with Crippen LogP contribution in [0.25, 0.3) is 0 Å². The molecule has 2 N–H and O–H groups in total. The van der Waals surface area contributed by atoms with Crippen molar-refractivity contribution in [1.82, 2.24) is 14.8 Å². The van der Waals surface area contributed by atoms with Crippen molar-refractivity contribution in [2.75, 3.05) is 13.1 Å². The van der Waals surface area contributed by atoms with Gasteiger partial charge in [0, 0.05) is 54.3 Å². The topological polar surface area (TPSA) is 91.6 Å². The van der Waals surface area contributed by atoms with Crippen LogP contribution in [0.15, 0.2) is 63.6 Å². The number of nitrogens with one attached hydrogen (secondary N) is 1. The highest BCUT2D eigenvalue weighted by Gasteiger charge is 2.52. The van der Waals surface area contributed by atoms with Crippen LogP contribution in [-0.4, -0.2) is 39.5 Å². The number of halogens is 3. The Hall–Kier alpha value is -3.72. The fourth-order valence-electron chi connectivity index (χ4n) is 5.78. The zero-order valence-corrected chi connectivity index (χ0v) is 19.6. The molecule has 1 fully saturated rings. The number of benzene rings is 1. The summed E-state index contributed by atoms with van der Waals surface area (Å²) in [7, 11) is 0. The van der Waals surface area contributed by atoms with Crippen molar-refractivity contribution in [2.45, 2.75) is 19.0 Å². The third-order valence-corrected chi connectivity index (χ3v) is 7.71. The lowest BCUT2D eigenvalue weighted by Crippen LogP contribution is -2.44. The quantitative estimate of drug-likeness (QED) is 0.661. The minimum absolute atomic E-state index is 0.0335. The van der Waals surface area contributed by atoms with E-state index in [0.29, 0.717) is 30.6 Å². The summed E-state index contributed by atoms with van der Waals surface area (Å²) in [5, 5.41) is 13.9.